The highest BCUT2D eigenvalue weighted by molar-refractivity contribution is 7.47. The second kappa shape index (κ2) is 39.4. The summed E-state index contributed by atoms with van der Waals surface area (Å²) in [5.74, 6) is -2.71. The zero-order chi connectivity index (χ0) is 44.6. The van der Waals surface area contributed by atoms with Crippen LogP contribution in [0.2, 0.25) is 0 Å². The lowest BCUT2D eigenvalue weighted by Gasteiger charge is -2.20. The lowest BCUT2D eigenvalue weighted by molar-refractivity contribution is -0.161. The molecule has 60 heavy (non-hydrogen) atoms. The maximum atomic E-state index is 12.7. The second-order valence-corrected chi connectivity index (χ2v) is 17.7. The molecule has 0 aromatic carbocycles. The number of unbranched alkanes of at least 4 members (excludes halogenated alkanes) is 18. The topological polar surface area (TPSA) is 218 Å². The van der Waals surface area contributed by atoms with Crippen LogP contribution in [-0.4, -0.2) is 64.6 Å². The smallest absolute Gasteiger partial charge is 0.462 e. The third-order valence-electron chi connectivity index (χ3n) is 9.27. The lowest BCUT2D eigenvalue weighted by Crippen LogP contribution is -2.36. The van der Waals surface area contributed by atoms with Crippen molar-refractivity contribution in [1.82, 2.24) is 0 Å². The highest BCUT2D eigenvalue weighted by Gasteiger charge is 2.31. The SMILES string of the molecule is CCCCC/C=C\C/C=C\C/C=C\C/C=C\CCCC(=O)O[C@H](COC(=O)CCCCCCCCCCCCCCCCC)COP(=O)(O)OC[C@H](N)C(=O)OP(=O)(O)O. The molecule has 0 aromatic heterocycles. The van der Waals surface area contributed by atoms with E-state index < -0.39 is 65.5 Å². The molecule has 14 nitrogen and oxygen atoms in total. The molecule has 0 saturated carbocycles. The number of phosphoric acid groups is 2. The Hall–Kier alpha value is -2.41. The molecule has 0 radical (unpaired) electrons. The first kappa shape index (κ1) is 57.6. The first-order valence-corrected chi connectivity index (χ1v) is 25.4. The Morgan fingerprint density at radius 1 is 0.533 bits per heavy atom. The van der Waals surface area contributed by atoms with Crippen LogP contribution >= 0.6 is 15.6 Å². The van der Waals surface area contributed by atoms with Crippen molar-refractivity contribution in [2.45, 2.75) is 193 Å². The summed E-state index contributed by atoms with van der Waals surface area (Å²) in [4.78, 5) is 64.4. The summed E-state index contributed by atoms with van der Waals surface area (Å²) in [6, 6.07) is -1.82. The van der Waals surface area contributed by atoms with Gasteiger partial charge in [0.15, 0.2) is 6.10 Å². The molecule has 0 aliphatic heterocycles. The van der Waals surface area contributed by atoms with Crippen LogP contribution in [0.4, 0.5) is 0 Å². The Balaban J connectivity index is 4.67. The van der Waals surface area contributed by atoms with E-state index in [1.54, 1.807) is 0 Å². The van der Waals surface area contributed by atoms with Gasteiger partial charge in [-0.15, -0.1) is 0 Å². The molecule has 0 aliphatic carbocycles. The van der Waals surface area contributed by atoms with E-state index in [-0.39, 0.29) is 12.8 Å². The number of ether oxygens (including phenoxy) is 2. The maximum Gasteiger partial charge on any atom is 0.527 e. The zero-order valence-electron chi connectivity index (χ0n) is 36.7. The van der Waals surface area contributed by atoms with E-state index in [2.05, 4.69) is 59.4 Å². The molecule has 3 atom stereocenters. The van der Waals surface area contributed by atoms with Crippen LogP contribution in [0.15, 0.2) is 48.6 Å². The predicted octanol–water partition coefficient (Wildman–Crippen LogP) is 10.9. The number of allylic oxidation sites excluding steroid dienone is 8. The molecule has 16 heteroatoms. The normalized spacial score (nSPS) is 14.3. The standard InChI is InChI=1S/C44H79NO13P2/c1-3-5-7-9-11-13-15-17-19-20-22-24-26-28-30-32-34-36-43(47)57-40(38-55-60(52,53)56-39-41(45)44(48)58-59(49,50)51)37-54-42(46)35-33-31-29-27-25-23-21-18-16-14-12-10-8-6-4-2/h11,13,17,19,22,24,28,30,40-41H,3-10,12,14-16,18,20-21,23,25-27,29,31-39,45H2,1-2H3,(H,52,53)(H2,49,50,51)/b13-11-,19-17-,24-22-,30-28-/t40-,41+/m1/s1. The van der Waals surface area contributed by atoms with Crippen molar-refractivity contribution < 1.29 is 61.2 Å². The Morgan fingerprint density at radius 2 is 0.950 bits per heavy atom. The third kappa shape index (κ3) is 41.0. The largest absolute Gasteiger partial charge is 0.527 e. The van der Waals surface area contributed by atoms with E-state index >= 15 is 0 Å². The summed E-state index contributed by atoms with van der Waals surface area (Å²) < 4.78 is 47.4. The maximum absolute atomic E-state index is 12.7. The van der Waals surface area contributed by atoms with Gasteiger partial charge in [-0.25, -0.2) is 13.9 Å². The van der Waals surface area contributed by atoms with Gasteiger partial charge in [0, 0.05) is 12.8 Å². The summed E-state index contributed by atoms with van der Waals surface area (Å²) in [6.07, 6.45) is 42.3. The molecular formula is C44H79NO13P2. The molecule has 0 rings (SSSR count). The summed E-state index contributed by atoms with van der Waals surface area (Å²) >= 11 is 0. The fourth-order valence-corrected chi connectivity index (χ4v) is 6.97. The average molecular weight is 892 g/mol. The van der Waals surface area contributed by atoms with E-state index in [4.69, 9.17) is 29.5 Å². The number of phosphoric ester groups is 2. The van der Waals surface area contributed by atoms with Crippen LogP contribution in [0.25, 0.3) is 0 Å². The molecule has 0 aromatic rings. The summed E-state index contributed by atoms with van der Waals surface area (Å²) in [5, 5.41) is 0. The van der Waals surface area contributed by atoms with Gasteiger partial charge < -0.3 is 24.6 Å². The number of carbonyl (C=O) groups is 3. The van der Waals surface area contributed by atoms with Gasteiger partial charge in [-0.05, 0) is 51.4 Å². The van der Waals surface area contributed by atoms with E-state index in [0.717, 1.165) is 44.9 Å². The van der Waals surface area contributed by atoms with E-state index in [0.29, 0.717) is 19.3 Å². The van der Waals surface area contributed by atoms with E-state index in [1.165, 1.54) is 89.9 Å². The van der Waals surface area contributed by atoms with Crippen LogP contribution in [-0.2, 0) is 46.6 Å². The van der Waals surface area contributed by atoms with Gasteiger partial charge in [-0.3, -0.25) is 28.4 Å². The number of hydrogen-bond acceptors (Lipinski definition) is 11. The van der Waals surface area contributed by atoms with Crippen molar-refractivity contribution in [2.75, 3.05) is 19.8 Å². The summed E-state index contributed by atoms with van der Waals surface area (Å²) in [7, 11) is -10.1. The number of rotatable bonds is 41. The van der Waals surface area contributed by atoms with Gasteiger partial charge in [0.2, 0.25) is 0 Å². The van der Waals surface area contributed by atoms with Gasteiger partial charge in [0.25, 0.3) is 0 Å². The number of carbonyl (C=O) groups excluding carboxylic acids is 3. The van der Waals surface area contributed by atoms with Gasteiger partial charge in [-0.2, -0.15) is 0 Å². The molecular weight excluding hydrogens is 812 g/mol. The quantitative estimate of drug-likeness (QED) is 0.0194. The minimum atomic E-state index is -5.19. The Kier molecular flexibility index (Phi) is 37.9. The minimum absolute atomic E-state index is 0.0332. The molecule has 0 spiro atoms. The van der Waals surface area contributed by atoms with Crippen LogP contribution in [0.5, 0.6) is 0 Å². The molecule has 0 heterocycles. The molecule has 0 fully saturated rings. The highest BCUT2D eigenvalue weighted by atomic mass is 31.2. The van der Waals surface area contributed by atoms with Crippen molar-refractivity contribution in [3.05, 3.63) is 48.6 Å². The van der Waals surface area contributed by atoms with Gasteiger partial charge in [0.05, 0.1) is 13.2 Å². The zero-order valence-corrected chi connectivity index (χ0v) is 38.5. The van der Waals surface area contributed by atoms with Crippen LogP contribution in [0.3, 0.4) is 0 Å². The number of esters is 2. The summed E-state index contributed by atoms with van der Waals surface area (Å²) in [5.41, 5.74) is 5.42. The molecule has 0 saturated heterocycles. The lowest BCUT2D eigenvalue weighted by atomic mass is 10.0. The molecule has 348 valence electrons. The highest BCUT2D eigenvalue weighted by Crippen LogP contribution is 2.43. The Labute approximate surface area is 361 Å². The first-order chi connectivity index (χ1) is 28.8. The van der Waals surface area contributed by atoms with Gasteiger partial charge >= 0.3 is 33.6 Å². The fourth-order valence-electron chi connectivity index (χ4n) is 5.83. The van der Waals surface area contributed by atoms with Crippen molar-refractivity contribution in [1.29, 1.82) is 0 Å². The average Bonchev–Trinajstić information content (AvgIpc) is 3.20. The van der Waals surface area contributed by atoms with Gasteiger partial charge in [-0.1, -0.05) is 165 Å². The third-order valence-corrected chi connectivity index (χ3v) is 10.6. The first-order valence-electron chi connectivity index (χ1n) is 22.4. The minimum Gasteiger partial charge on any atom is -0.462 e. The van der Waals surface area contributed by atoms with Crippen LogP contribution < -0.4 is 5.73 Å². The monoisotopic (exact) mass is 892 g/mol. The van der Waals surface area contributed by atoms with Crippen molar-refractivity contribution in [2.24, 2.45) is 5.73 Å². The summed E-state index contributed by atoms with van der Waals surface area (Å²) in [6.45, 7) is 2.32. The molecule has 5 N–H and O–H groups in total. The molecule has 1 unspecified atom stereocenters. The van der Waals surface area contributed by atoms with Crippen molar-refractivity contribution in [3.8, 4) is 0 Å². The van der Waals surface area contributed by atoms with E-state index in [1.807, 2.05) is 12.2 Å². The Morgan fingerprint density at radius 3 is 1.45 bits per heavy atom. The number of nitrogens with two attached hydrogens (primary N) is 1. The van der Waals surface area contributed by atoms with Crippen molar-refractivity contribution >= 4 is 33.6 Å². The number of hydrogen-bond donors (Lipinski definition) is 4. The van der Waals surface area contributed by atoms with Crippen molar-refractivity contribution in [3.63, 3.8) is 0 Å². The second-order valence-electron chi connectivity index (χ2n) is 15.0. The Bertz CT molecular complexity index is 1310. The van der Waals surface area contributed by atoms with Crippen LogP contribution in [0, 0.1) is 0 Å². The van der Waals surface area contributed by atoms with Gasteiger partial charge in [0.1, 0.15) is 12.6 Å². The van der Waals surface area contributed by atoms with Crippen LogP contribution in [0.1, 0.15) is 181 Å². The van der Waals surface area contributed by atoms with E-state index in [9.17, 15) is 28.4 Å². The molecule has 0 amide bonds. The fraction of sp³-hybridized carbons (Fsp3) is 0.750. The molecule has 0 bridgehead atoms. The predicted molar refractivity (Wildman–Crippen MR) is 237 cm³/mol. The molecule has 0 aliphatic rings.